The van der Waals surface area contributed by atoms with Crippen molar-refractivity contribution in [3.05, 3.63) is 92.9 Å². The highest BCUT2D eigenvalue weighted by Gasteiger charge is 2.24. The van der Waals surface area contributed by atoms with Crippen LogP contribution in [0.5, 0.6) is 5.88 Å². The van der Waals surface area contributed by atoms with Gasteiger partial charge in [-0.15, -0.1) is 0 Å². The van der Waals surface area contributed by atoms with Crippen LogP contribution in [0.2, 0.25) is 5.02 Å². The van der Waals surface area contributed by atoms with Gasteiger partial charge in [-0.05, 0) is 42.2 Å². The Labute approximate surface area is 232 Å². The smallest absolute Gasteiger partial charge is 0.279 e. The minimum absolute atomic E-state index is 0.0180. The van der Waals surface area contributed by atoms with E-state index in [9.17, 15) is 9.59 Å². The number of pyridine rings is 1. The summed E-state index contributed by atoms with van der Waals surface area (Å²) in [4.78, 5) is 32.4. The van der Waals surface area contributed by atoms with E-state index in [1.807, 2.05) is 43.3 Å². The highest BCUT2D eigenvalue weighted by atomic mass is 35.5. The lowest BCUT2D eigenvalue weighted by Crippen LogP contribution is -2.44. The molecule has 0 radical (unpaired) electrons. The lowest BCUT2D eigenvalue weighted by atomic mass is 9.96. The molecule has 2 aromatic heterocycles. The molecule has 9 heteroatoms. The van der Waals surface area contributed by atoms with E-state index in [1.165, 1.54) is 19.3 Å². The molecule has 1 fully saturated rings. The minimum atomic E-state index is -0.498. The zero-order valence-electron chi connectivity index (χ0n) is 22.4. The molecule has 0 bridgehead atoms. The molecule has 5 rings (SSSR count). The molecule has 1 aliphatic heterocycles. The summed E-state index contributed by atoms with van der Waals surface area (Å²) >= 11 is 6.98. The molecule has 1 N–H and O–H groups in total. The molecule has 0 atom stereocenters. The summed E-state index contributed by atoms with van der Waals surface area (Å²) in [6.45, 7) is 7.12. The Balaban J connectivity index is 1.45. The van der Waals surface area contributed by atoms with E-state index in [1.54, 1.807) is 13.2 Å². The zero-order valence-corrected chi connectivity index (χ0v) is 23.1. The number of anilines is 1. The fraction of sp³-hybridized carbons (Fsp3) is 0.267. The molecule has 1 aliphatic rings. The topological polar surface area (TPSA) is 89.3 Å². The van der Waals surface area contributed by atoms with Crippen LogP contribution < -0.4 is 15.6 Å². The maximum Gasteiger partial charge on any atom is 0.279 e. The molecule has 4 aromatic rings. The fourth-order valence-electron chi connectivity index (χ4n) is 4.98. The minimum Gasteiger partial charge on any atom is -0.481 e. The van der Waals surface area contributed by atoms with Crippen LogP contribution in [-0.2, 0) is 13.6 Å². The van der Waals surface area contributed by atoms with Crippen molar-refractivity contribution in [1.29, 1.82) is 0 Å². The van der Waals surface area contributed by atoms with Crippen LogP contribution in [0.15, 0.2) is 65.6 Å². The lowest BCUT2D eigenvalue weighted by molar-refractivity contribution is 0.102. The van der Waals surface area contributed by atoms with Crippen molar-refractivity contribution in [3.8, 4) is 28.3 Å². The van der Waals surface area contributed by atoms with Gasteiger partial charge in [0.05, 0.1) is 17.8 Å². The number of ether oxygens (including phenoxy) is 1. The van der Waals surface area contributed by atoms with Crippen LogP contribution >= 0.6 is 11.6 Å². The van der Waals surface area contributed by atoms with Gasteiger partial charge in [0.15, 0.2) is 0 Å². The number of rotatable bonds is 7. The molecule has 2 aromatic carbocycles. The summed E-state index contributed by atoms with van der Waals surface area (Å²) in [6.07, 6.45) is 1.42. The second-order valence-corrected chi connectivity index (χ2v) is 10.3. The molecular weight excluding hydrogens is 514 g/mol. The van der Waals surface area contributed by atoms with Crippen molar-refractivity contribution in [3.63, 3.8) is 0 Å². The average molecular weight is 544 g/mol. The molecule has 200 valence electrons. The maximum absolute atomic E-state index is 12.9. The van der Waals surface area contributed by atoms with E-state index in [2.05, 4.69) is 28.3 Å². The third-order valence-corrected chi connectivity index (χ3v) is 7.47. The Bertz CT molecular complexity index is 1610. The van der Waals surface area contributed by atoms with Gasteiger partial charge in [0.25, 0.3) is 11.5 Å². The van der Waals surface area contributed by atoms with Gasteiger partial charge in [-0.25, -0.2) is 9.67 Å². The summed E-state index contributed by atoms with van der Waals surface area (Å²) in [5.41, 5.74) is 5.17. The number of aryl methyl sites for hydroxylation is 1. The first kappa shape index (κ1) is 26.6. The number of likely N-dealkylation sites (tertiary alicyclic amines) is 1. The quantitative estimate of drug-likeness (QED) is 0.345. The predicted octanol–water partition coefficient (Wildman–Crippen LogP) is 5.18. The second kappa shape index (κ2) is 11.0. The van der Waals surface area contributed by atoms with Crippen molar-refractivity contribution in [2.75, 3.05) is 25.5 Å². The Hall–Kier alpha value is -4.01. The number of amides is 1. The number of aromatic nitrogens is 3. The zero-order chi connectivity index (χ0) is 27.7. The summed E-state index contributed by atoms with van der Waals surface area (Å²) in [5, 5.41) is 7.29. The van der Waals surface area contributed by atoms with E-state index in [0.29, 0.717) is 16.6 Å². The average Bonchev–Trinajstić information content (AvgIpc) is 2.91. The highest BCUT2D eigenvalue weighted by Crippen LogP contribution is 2.39. The first-order chi connectivity index (χ1) is 18.8. The lowest BCUT2D eigenvalue weighted by Gasteiger charge is -2.37. The molecular formula is C30H30ClN5O3. The standard InChI is InChI=1S/C30H30ClN5O3/c1-18-15-36(16-18)17-20-11-12-26(34-29(20)39-4)23-9-5-8-22(27(23)31)21-7-6-10-25(19(21)2)33-28(37)24-13-14-32-35(3)30(24)38/h5-14,18H,15-17H2,1-4H3,(H,33,37). The Kier molecular flexibility index (Phi) is 7.50. The molecule has 3 heterocycles. The van der Waals surface area contributed by atoms with Crippen molar-refractivity contribution in [1.82, 2.24) is 19.7 Å². The number of benzene rings is 2. The number of carbonyl (C=O) groups excluding carboxylic acids is 1. The fourth-order valence-corrected chi connectivity index (χ4v) is 5.31. The van der Waals surface area contributed by atoms with Crippen molar-refractivity contribution in [2.45, 2.75) is 20.4 Å². The van der Waals surface area contributed by atoms with Gasteiger partial charge in [0.2, 0.25) is 5.88 Å². The van der Waals surface area contributed by atoms with Gasteiger partial charge < -0.3 is 10.1 Å². The van der Waals surface area contributed by atoms with E-state index in [0.717, 1.165) is 63.7 Å². The van der Waals surface area contributed by atoms with E-state index >= 15 is 0 Å². The highest BCUT2D eigenvalue weighted by molar-refractivity contribution is 6.36. The van der Waals surface area contributed by atoms with Gasteiger partial charge in [-0.1, -0.05) is 54.9 Å². The third-order valence-electron chi connectivity index (χ3n) is 7.06. The Morgan fingerprint density at radius 3 is 2.54 bits per heavy atom. The number of methoxy groups -OCH3 is 1. The normalized spacial score (nSPS) is 13.7. The van der Waals surface area contributed by atoms with E-state index in [-0.39, 0.29) is 5.56 Å². The van der Waals surface area contributed by atoms with Gasteiger partial charge >= 0.3 is 0 Å². The second-order valence-electron chi connectivity index (χ2n) is 9.94. The van der Waals surface area contributed by atoms with Crippen molar-refractivity contribution < 1.29 is 9.53 Å². The Morgan fingerprint density at radius 1 is 1.08 bits per heavy atom. The van der Waals surface area contributed by atoms with Gasteiger partial charge in [-0.3, -0.25) is 14.5 Å². The van der Waals surface area contributed by atoms with Crippen molar-refractivity contribution in [2.24, 2.45) is 13.0 Å². The van der Waals surface area contributed by atoms with Gasteiger partial charge in [0.1, 0.15) is 5.56 Å². The molecule has 1 saturated heterocycles. The number of hydrogen-bond donors (Lipinski definition) is 1. The first-order valence-corrected chi connectivity index (χ1v) is 13.1. The van der Waals surface area contributed by atoms with Crippen LogP contribution in [0.25, 0.3) is 22.4 Å². The molecule has 0 unspecified atom stereocenters. The molecule has 8 nitrogen and oxygen atoms in total. The van der Waals surface area contributed by atoms with Crippen molar-refractivity contribution >= 4 is 23.2 Å². The predicted molar refractivity (Wildman–Crippen MR) is 153 cm³/mol. The number of carbonyl (C=O) groups is 1. The van der Waals surface area contributed by atoms with Crippen LogP contribution in [0, 0.1) is 12.8 Å². The SMILES string of the molecule is COc1nc(-c2cccc(-c3cccc(NC(=O)c4ccnn(C)c4=O)c3C)c2Cl)ccc1CN1CC(C)C1. The molecule has 0 spiro atoms. The molecule has 1 amide bonds. The third kappa shape index (κ3) is 5.30. The van der Waals surface area contributed by atoms with Crippen LogP contribution in [-0.4, -0.2) is 45.8 Å². The number of halogens is 1. The molecule has 0 saturated carbocycles. The van der Waals surface area contributed by atoms with E-state index in [4.69, 9.17) is 21.3 Å². The summed E-state index contributed by atoms with van der Waals surface area (Å²) < 4.78 is 6.76. The monoisotopic (exact) mass is 543 g/mol. The van der Waals surface area contributed by atoms with Crippen LogP contribution in [0.3, 0.4) is 0 Å². The first-order valence-electron chi connectivity index (χ1n) is 12.8. The van der Waals surface area contributed by atoms with Crippen LogP contribution in [0.1, 0.15) is 28.4 Å². The van der Waals surface area contributed by atoms with Gasteiger partial charge in [0, 0.05) is 55.3 Å². The molecule has 0 aliphatic carbocycles. The summed E-state index contributed by atoms with van der Waals surface area (Å²) in [6, 6.07) is 16.8. The van der Waals surface area contributed by atoms with E-state index < -0.39 is 11.5 Å². The van der Waals surface area contributed by atoms with Gasteiger partial charge in [-0.2, -0.15) is 5.10 Å². The summed E-state index contributed by atoms with van der Waals surface area (Å²) in [5.74, 6) is 0.821. The number of hydrogen-bond acceptors (Lipinski definition) is 6. The maximum atomic E-state index is 12.9. The number of nitrogens with one attached hydrogen (secondary N) is 1. The summed E-state index contributed by atoms with van der Waals surface area (Å²) in [7, 11) is 3.14. The largest absolute Gasteiger partial charge is 0.481 e. The number of nitrogens with zero attached hydrogens (tertiary/aromatic N) is 4. The van der Waals surface area contributed by atoms with Crippen LogP contribution in [0.4, 0.5) is 5.69 Å². The molecule has 39 heavy (non-hydrogen) atoms. The Morgan fingerprint density at radius 2 is 1.79 bits per heavy atom.